The molecule has 0 bridgehead atoms. The number of hydrogen-bond acceptors (Lipinski definition) is 5. The first kappa shape index (κ1) is 22.4. The maximum atomic E-state index is 13.3. The van der Waals surface area contributed by atoms with Gasteiger partial charge >= 0.3 is 12.1 Å². The number of aromatic nitrogens is 1. The van der Waals surface area contributed by atoms with Crippen LogP contribution in [0.5, 0.6) is 0 Å². The number of rotatable bonds is 7. The molecule has 0 radical (unpaired) electrons. The number of aliphatic carboxylic acids is 1. The van der Waals surface area contributed by atoms with Crippen LogP contribution < -0.4 is 4.90 Å². The highest BCUT2D eigenvalue weighted by Gasteiger charge is 2.51. The van der Waals surface area contributed by atoms with Crippen molar-refractivity contribution in [3.63, 3.8) is 0 Å². The number of carbonyl (C=O) groups excluding carboxylic acids is 2. The highest BCUT2D eigenvalue weighted by Crippen LogP contribution is 2.52. The number of ether oxygens (including phenoxy) is 1. The van der Waals surface area contributed by atoms with E-state index in [1.54, 1.807) is 11.1 Å². The van der Waals surface area contributed by atoms with E-state index >= 15 is 0 Å². The Bertz CT molecular complexity index is 1070. The third kappa shape index (κ3) is 4.36. The van der Waals surface area contributed by atoms with Crippen molar-refractivity contribution < 1.29 is 24.2 Å². The van der Waals surface area contributed by atoms with E-state index in [9.17, 15) is 14.4 Å². The molecule has 2 amide bonds. The smallest absolute Gasteiger partial charge is 0.414 e. The number of amides is 2. The van der Waals surface area contributed by atoms with Crippen molar-refractivity contribution in [1.82, 2.24) is 9.88 Å². The highest BCUT2D eigenvalue weighted by atomic mass is 16.6. The van der Waals surface area contributed by atoms with Gasteiger partial charge in [0, 0.05) is 30.6 Å². The van der Waals surface area contributed by atoms with Crippen LogP contribution in [0.2, 0.25) is 0 Å². The summed E-state index contributed by atoms with van der Waals surface area (Å²) in [4.78, 5) is 45.7. The molecule has 3 unspecified atom stereocenters. The van der Waals surface area contributed by atoms with E-state index in [2.05, 4.69) is 4.98 Å². The minimum absolute atomic E-state index is 0.00226. The Morgan fingerprint density at radius 3 is 2.56 bits per heavy atom. The Balaban J connectivity index is 1.46. The molecule has 2 heterocycles. The fraction of sp³-hybridized carbons (Fsp3) is 0.462. The number of pyridine rings is 1. The van der Waals surface area contributed by atoms with Crippen LogP contribution in [0, 0.1) is 5.92 Å². The maximum Gasteiger partial charge on any atom is 0.414 e. The molecule has 1 aliphatic heterocycles. The number of nitrogens with zero attached hydrogens (tertiary/aromatic N) is 3. The second-order valence-corrected chi connectivity index (χ2v) is 9.34. The molecule has 34 heavy (non-hydrogen) atoms. The summed E-state index contributed by atoms with van der Waals surface area (Å²) in [5, 5.41) is 9.11. The fourth-order valence-corrected chi connectivity index (χ4v) is 5.58. The summed E-state index contributed by atoms with van der Waals surface area (Å²) in [6.07, 6.45) is 5.68. The molecule has 8 nitrogen and oxygen atoms in total. The van der Waals surface area contributed by atoms with Gasteiger partial charge in [-0.3, -0.25) is 19.5 Å². The summed E-state index contributed by atoms with van der Waals surface area (Å²) < 4.78 is 5.68. The third-order valence-corrected chi connectivity index (χ3v) is 7.13. The SMILES string of the molecule is O=C(O)CCC(=O)N(C1CC1)C1c2ccccc2N(C(=O)OCc2ccccn2)C2CCCC21. The van der Waals surface area contributed by atoms with Gasteiger partial charge in [-0.1, -0.05) is 30.7 Å². The standard InChI is InChI=1S/C26H29N3O5/c30-23(13-14-24(31)32)28(18-11-12-18)25-19-7-1-2-9-21(19)29(22-10-5-8-20(22)25)26(33)34-16-17-6-3-4-15-27-17/h1-4,6-7,9,15,18,20,22,25H,5,8,10-14,16H2,(H,31,32). The van der Waals surface area contributed by atoms with Gasteiger partial charge in [0.15, 0.2) is 0 Å². The van der Waals surface area contributed by atoms with Crippen LogP contribution in [-0.4, -0.2) is 45.0 Å². The minimum Gasteiger partial charge on any atom is -0.481 e. The van der Waals surface area contributed by atoms with E-state index < -0.39 is 12.1 Å². The van der Waals surface area contributed by atoms with Crippen LogP contribution in [0.4, 0.5) is 10.5 Å². The molecular formula is C26H29N3O5. The molecule has 178 valence electrons. The molecule has 0 spiro atoms. The van der Waals surface area contributed by atoms with Crippen LogP contribution in [0.25, 0.3) is 0 Å². The van der Waals surface area contributed by atoms with Crippen molar-refractivity contribution in [1.29, 1.82) is 0 Å². The largest absolute Gasteiger partial charge is 0.481 e. The van der Waals surface area contributed by atoms with Gasteiger partial charge in [0.05, 0.1) is 23.8 Å². The molecule has 1 N–H and O–H groups in total. The molecule has 2 saturated carbocycles. The number of fused-ring (bicyclic) bond motifs is 2. The van der Waals surface area contributed by atoms with E-state index in [-0.39, 0.29) is 49.4 Å². The quantitative estimate of drug-likeness (QED) is 0.657. The van der Waals surface area contributed by atoms with Gasteiger partial charge in [-0.05, 0) is 49.4 Å². The molecule has 1 aromatic carbocycles. The number of hydrogen-bond donors (Lipinski definition) is 1. The van der Waals surface area contributed by atoms with E-state index in [0.717, 1.165) is 43.4 Å². The minimum atomic E-state index is -0.964. The summed E-state index contributed by atoms with van der Waals surface area (Å²) in [6.45, 7) is 0.0982. The van der Waals surface area contributed by atoms with Gasteiger partial charge in [-0.25, -0.2) is 4.79 Å². The maximum absolute atomic E-state index is 13.3. The van der Waals surface area contributed by atoms with Crippen molar-refractivity contribution in [2.45, 2.75) is 69.7 Å². The first-order valence-electron chi connectivity index (χ1n) is 12.0. The van der Waals surface area contributed by atoms with Crippen LogP contribution in [0.15, 0.2) is 48.7 Å². The van der Waals surface area contributed by atoms with Crippen molar-refractivity contribution >= 4 is 23.7 Å². The summed E-state index contributed by atoms with van der Waals surface area (Å²) in [5.41, 5.74) is 2.40. The van der Waals surface area contributed by atoms with E-state index in [4.69, 9.17) is 9.84 Å². The fourth-order valence-electron chi connectivity index (χ4n) is 5.58. The highest BCUT2D eigenvalue weighted by molar-refractivity contribution is 5.91. The van der Waals surface area contributed by atoms with Crippen molar-refractivity contribution in [2.24, 2.45) is 5.92 Å². The Kier molecular flexibility index (Phi) is 6.22. The number of para-hydroxylation sites is 1. The van der Waals surface area contributed by atoms with Gasteiger partial charge < -0.3 is 14.7 Å². The molecular weight excluding hydrogens is 434 g/mol. The number of benzene rings is 1. The van der Waals surface area contributed by atoms with Crippen LogP contribution in [-0.2, 0) is 20.9 Å². The molecule has 3 aliphatic rings. The molecule has 2 fully saturated rings. The number of carboxylic acids is 1. The zero-order valence-corrected chi connectivity index (χ0v) is 19.0. The zero-order valence-electron chi connectivity index (χ0n) is 19.0. The van der Waals surface area contributed by atoms with E-state index in [1.807, 2.05) is 47.4 Å². The first-order chi connectivity index (χ1) is 16.5. The zero-order chi connectivity index (χ0) is 23.7. The molecule has 3 atom stereocenters. The molecule has 5 rings (SSSR count). The molecule has 2 aliphatic carbocycles. The van der Waals surface area contributed by atoms with Crippen molar-refractivity contribution in [3.05, 3.63) is 59.9 Å². The van der Waals surface area contributed by atoms with Crippen LogP contribution >= 0.6 is 0 Å². The summed E-state index contributed by atoms with van der Waals surface area (Å²) in [6, 6.07) is 13.2. The Morgan fingerprint density at radius 2 is 1.82 bits per heavy atom. The second-order valence-electron chi connectivity index (χ2n) is 9.34. The lowest BCUT2D eigenvalue weighted by Crippen LogP contribution is -2.53. The molecule has 0 saturated heterocycles. The Hall–Kier alpha value is -3.42. The lowest BCUT2D eigenvalue weighted by molar-refractivity contribution is -0.142. The van der Waals surface area contributed by atoms with Gasteiger partial charge in [0.1, 0.15) is 6.61 Å². The number of anilines is 1. The first-order valence-corrected chi connectivity index (χ1v) is 12.0. The summed E-state index contributed by atoms with van der Waals surface area (Å²) >= 11 is 0. The second kappa shape index (κ2) is 9.44. The van der Waals surface area contributed by atoms with Gasteiger partial charge in [0.25, 0.3) is 0 Å². The molecule has 8 heteroatoms. The predicted molar refractivity (Wildman–Crippen MR) is 124 cm³/mol. The Labute approximate surface area is 198 Å². The lowest BCUT2D eigenvalue weighted by Gasteiger charge is -2.47. The van der Waals surface area contributed by atoms with Gasteiger partial charge in [0.2, 0.25) is 5.91 Å². The topological polar surface area (TPSA) is 100 Å². The van der Waals surface area contributed by atoms with Crippen LogP contribution in [0.1, 0.15) is 62.2 Å². The van der Waals surface area contributed by atoms with Crippen molar-refractivity contribution in [3.8, 4) is 0 Å². The number of carbonyl (C=O) groups is 3. The van der Waals surface area contributed by atoms with E-state index in [0.29, 0.717) is 5.69 Å². The average molecular weight is 464 g/mol. The Morgan fingerprint density at radius 1 is 1.03 bits per heavy atom. The molecule has 2 aromatic rings. The summed E-state index contributed by atoms with van der Waals surface area (Å²) in [5.74, 6) is -0.984. The third-order valence-electron chi connectivity index (χ3n) is 7.13. The van der Waals surface area contributed by atoms with Gasteiger partial charge in [-0.2, -0.15) is 0 Å². The molecule has 1 aromatic heterocycles. The van der Waals surface area contributed by atoms with Crippen LogP contribution in [0.3, 0.4) is 0 Å². The summed E-state index contributed by atoms with van der Waals surface area (Å²) in [7, 11) is 0. The number of carboxylic acid groups (broad SMARTS) is 1. The lowest BCUT2D eigenvalue weighted by atomic mass is 9.81. The van der Waals surface area contributed by atoms with Crippen molar-refractivity contribution in [2.75, 3.05) is 4.90 Å². The monoisotopic (exact) mass is 463 g/mol. The normalized spacial score (nSPS) is 23.1. The van der Waals surface area contributed by atoms with Gasteiger partial charge in [-0.15, -0.1) is 0 Å². The average Bonchev–Trinajstić information content (AvgIpc) is 3.57. The van der Waals surface area contributed by atoms with E-state index in [1.165, 1.54) is 0 Å². The predicted octanol–water partition coefficient (Wildman–Crippen LogP) is 4.30.